The Morgan fingerprint density at radius 3 is 2.46 bits per heavy atom. The van der Waals surface area contributed by atoms with Gasteiger partial charge in [-0.05, 0) is 29.2 Å². The minimum Gasteiger partial charge on any atom is -0.352 e. The summed E-state index contributed by atoms with van der Waals surface area (Å²) >= 11 is 0. The Bertz CT molecular complexity index is 712. The Kier molecular flexibility index (Phi) is 4.50. The largest absolute Gasteiger partial charge is 0.352 e. The van der Waals surface area contributed by atoms with Gasteiger partial charge in [0, 0.05) is 38.8 Å². The first-order valence-electron chi connectivity index (χ1n) is 8.99. The highest BCUT2D eigenvalue weighted by atomic mass is 16.2. The summed E-state index contributed by atoms with van der Waals surface area (Å²) < 4.78 is 0. The second kappa shape index (κ2) is 6.91. The van der Waals surface area contributed by atoms with E-state index < -0.39 is 0 Å². The second-order valence-electron chi connectivity index (χ2n) is 7.03. The number of nitrogens with zero attached hydrogens (tertiary/aromatic N) is 2. The van der Waals surface area contributed by atoms with Gasteiger partial charge in [-0.2, -0.15) is 0 Å². The number of piperazine rings is 1. The fourth-order valence-electron chi connectivity index (χ4n) is 3.48. The van der Waals surface area contributed by atoms with Gasteiger partial charge in [0.1, 0.15) is 0 Å². The first-order chi connectivity index (χ1) is 11.8. The van der Waals surface area contributed by atoms with Crippen molar-refractivity contribution in [2.75, 3.05) is 32.7 Å². The lowest BCUT2D eigenvalue weighted by atomic mass is 10.0. The molecule has 2 aromatic rings. The maximum atomic E-state index is 11.9. The van der Waals surface area contributed by atoms with Crippen molar-refractivity contribution < 1.29 is 4.79 Å². The van der Waals surface area contributed by atoms with Gasteiger partial charge in [0.05, 0.1) is 6.54 Å². The zero-order chi connectivity index (χ0) is 16.4. The predicted octanol–water partition coefficient (Wildman–Crippen LogP) is 2.24. The molecule has 0 aromatic heterocycles. The van der Waals surface area contributed by atoms with E-state index >= 15 is 0 Å². The molecule has 1 N–H and O–H groups in total. The van der Waals surface area contributed by atoms with Crippen LogP contribution in [0.5, 0.6) is 0 Å². The van der Waals surface area contributed by atoms with Crippen molar-refractivity contribution in [2.24, 2.45) is 0 Å². The Balaban J connectivity index is 1.31. The van der Waals surface area contributed by atoms with E-state index in [9.17, 15) is 4.79 Å². The van der Waals surface area contributed by atoms with Crippen molar-refractivity contribution in [3.8, 4) is 0 Å². The van der Waals surface area contributed by atoms with Gasteiger partial charge in [-0.3, -0.25) is 14.6 Å². The Hall–Kier alpha value is -1.91. The molecule has 0 radical (unpaired) electrons. The topological polar surface area (TPSA) is 35.6 Å². The summed E-state index contributed by atoms with van der Waals surface area (Å²) in [5, 5.41) is 5.74. The average molecular weight is 323 g/mol. The van der Waals surface area contributed by atoms with Gasteiger partial charge >= 0.3 is 0 Å². The fourth-order valence-corrected chi connectivity index (χ4v) is 3.48. The highest BCUT2D eigenvalue weighted by Gasteiger charge is 2.25. The summed E-state index contributed by atoms with van der Waals surface area (Å²) in [7, 11) is 0. The van der Waals surface area contributed by atoms with Crippen molar-refractivity contribution in [2.45, 2.75) is 25.4 Å². The number of benzene rings is 2. The molecule has 1 aliphatic carbocycles. The van der Waals surface area contributed by atoms with E-state index in [-0.39, 0.29) is 5.91 Å². The van der Waals surface area contributed by atoms with E-state index in [1.54, 1.807) is 0 Å². The number of nitrogens with one attached hydrogen (secondary N) is 1. The molecule has 2 aliphatic rings. The van der Waals surface area contributed by atoms with Gasteiger partial charge < -0.3 is 5.32 Å². The van der Waals surface area contributed by atoms with Crippen LogP contribution in [0.15, 0.2) is 42.5 Å². The molecule has 1 heterocycles. The molecule has 1 amide bonds. The number of carbonyl (C=O) groups excluding carboxylic acids is 1. The summed E-state index contributed by atoms with van der Waals surface area (Å²) in [6, 6.07) is 15.6. The molecule has 126 valence electrons. The lowest BCUT2D eigenvalue weighted by molar-refractivity contribution is -0.122. The zero-order valence-electron chi connectivity index (χ0n) is 14.1. The van der Waals surface area contributed by atoms with Gasteiger partial charge in [0.25, 0.3) is 0 Å². The van der Waals surface area contributed by atoms with Crippen molar-refractivity contribution >= 4 is 16.7 Å². The molecule has 2 fully saturated rings. The maximum Gasteiger partial charge on any atom is 0.234 e. The highest BCUT2D eigenvalue weighted by Crippen LogP contribution is 2.21. The van der Waals surface area contributed by atoms with Gasteiger partial charge in [-0.15, -0.1) is 0 Å². The van der Waals surface area contributed by atoms with Crippen LogP contribution in [0.4, 0.5) is 0 Å². The third-order valence-electron chi connectivity index (χ3n) is 5.05. The number of amides is 1. The van der Waals surface area contributed by atoms with Crippen LogP contribution < -0.4 is 5.32 Å². The SMILES string of the molecule is O=C(CN1CCN(Cc2cccc3ccccc23)CC1)NC1CC1. The first kappa shape index (κ1) is 15.6. The molecule has 4 heteroatoms. The molecule has 0 atom stereocenters. The molecule has 1 aliphatic heterocycles. The fraction of sp³-hybridized carbons (Fsp3) is 0.450. The van der Waals surface area contributed by atoms with Crippen LogP contribution in [0.1, 0.15) is 18.4 Å². The van der Waals surface area contributed by atoms with Gasteiger partial charge in [-0.25, -0.2) is 0 Å². The highest BCUT2D eigenvalue weighted by molar-refractivity contribution is 5.85. The quantitative estimate of drug-likeness (QED) is 0.916. The lowest BCUT2D eigenvalue weighted by Crippen LogP contribution is -2.49. The third-order valence-corrected chi connectivity index (χ3v) is 5.05. The van der Waals surface area contributed by atoms with Crippen molar-refractivity contribution in [1.29, 1.82) is 0 Å². The van der Waals surface area contributed by atoms with Crippen LogP contribution in [0.2, 0.25) is 0 Å². The summed E-state index contributed by atoms with van der Waals surface area (Å²) in [4.78, 5) is 16.7. The minimum absolute atomic E-state index is 0.194. The molecular weight excluding hydrogens is 298 g/mol. The molecule has 1 saturated carbocycles. The van der Waals surface area contributed by atoms with Gasteiger partial charge in [0.15, 0.2) is 0 Å². The van der Waals surface area contributed by atoms with E-state index in [1.165, 1.54) is 16.3 Å². The van der Waals surface area contributed by atoms with E-state index in [4.69, 9.17) is 0 Å². The van der Waals surface area contributed by atoms with Gasteiger partial charge in [-0.1, -0.05) is 42.5 Å². The molecule has 4 nitrogen and oxygen atoms in total. The summed E-state index contributed by atoms with van der Waals surface area (Å²) in [5.74, 6) is 0.194. The standard InChI is InChI=1S/C20H25N3O/c24-20(21-18-8-9-18)15-23-12-10-22(11-13-23)14-17-6-3-5-16-4-1-2-7-19(16)17/h1-7,18H,8-15H2,(H,21,24). The lowest BCUT2D eigenvalue weighted by Gasteiger charge is -2.34. The molecule has 0 unspecified atom stereocenters. The first-order valence-corrected chi connectivity index (χ1v) is 8.99. The van der Waals surface area contributed by atoms with Crippen LogP contribution in [-0.4, -0.2) is 54.5 Å². The molecule has 4 rings (SSSR count). The molecule has 24 heavy (non-hydrogen) atoms. The van der Waals surface area contributed by atoms with Crippen LogP contribution >= 0.6 is 0 Å². The van der Waals surface area contributed by atoms with Crippen LogP contribution in [0.25, 0.3) is 10.8 Å². The monoisotopic (exact) mass is 323 g/mol. The summed E-state index contributed by atoms with van der Waals surface area (Å²) in [6.07, 6.45) is 2.31. The third kappa shape index (κ3) is 3.77. The second-order valence-corrected chi connectivity index (χ2v) is 7.03. The van der Waals surface area contributed by atoms with E-state index in [2.05, 4.69) is 57.6 Å². The predicted molar refractivity (Wildman–Crippen MR) is 96.8 cm³/mol. The van der Waals surface area contributed by atoms with E-state index in [1.807, 2.05) is 0 Å². The summed E-state index contributed by atoms with van der Waals surface area (Å²) in [5.41, 5.74) is 1.40. The van der Waals surface area contributed by atoms with Crippen LogP contribution in [0, 0.1) is 0 Å². The van der Waals surface area contributed by atoms with Crippen molar-refractivity contribution in [1.82, 2.24) is 15.1 Å². The maximum absolute atomic E-state index is 11.9. The number of fused-ring (bicyclic) bond motifs is 1. The molecule has 2 aromatic carbocycles. The number of hydrogen-bond donors (Lipinski definition) is 1. The van der Waals surface area contributed by atoms with Crippen LogP contribution in [0.3, 0.4) is 0 Å². The summed E-state index contributed by atoms with van der Waals surface area (Å²) in [6.45, 7) is 5.55. The number of hydrogen-bond acceptors (Lipinski definition) is 3. The van der Waals surface area contributed by atoms with Crippen molar-refractivity contribution in [3.05, 3.63) is 48.0 Å². The molecular formula is C20H25N3O. The zero-order valence-corrected chi connectivity index (χ0v) is 14.1. The molecule has 0 spiro atoms. The minimum atomic E-state index is 0.194. The Morgan fingerprint density at radius 1 is 0.958 bits per heavy atom. The normalized spacial score (nSPS) is 19.5. The van der Waals surface area contributed by atoms with Crippen LogP contribution in [-0.2, 0) is 11.3 Å². The average Bonchev–Trinajstić information content (AvgIpc) is 3.41. The van der Waals surface area contributed by atoms with E-state index in [0.717, 1.165) is 45.6 Å². The Labute approximate surface area is 143 Å². The number of carbonyl (C=O) groups is 1. The van der Waals surface area contributed by atoms with Gasteiger partial charge in [0.2, 0.25) is 5.91 Å². The van der Waals surface area contributed by atoms with E-state index in [0.29, 0.717) is 12.6 Å². The van der Waals surface area contributed by atoms with Crippen molar-refractivity contribution in [3.63, 3.8) is 0 Å². The smallest absolute Gasteiger partial charge is 0.234 e. The Morgan fingerprint density at radius 2 is 1.67 bits per heavy atom. The molecule has 0 bridgehead atoms. The number of rotatable bonds is 5. The molecule has 1 saturated heterocycles.